The lowest BCUT2D eigenvalue weighted by molar-refractivity contribution is -0.137. The molecular weight excluding hydrogens is 372 g/mol. The Labute approximate surface area is 169 Å². The zero-order chi connectivity index (χ0) is 21.6. The number of carboxylic acids is 1. The van der Waals surface area contributed by atoms with E-state index in [4.69, 9.17) is 10.8 Å². The van der Waals surface area contributed by atoms with Crippen LogP contribution in [0.5, 0.6) is 0 Å². The number of carbonyl (C=O) groups excluding carboxylic acids is 2. The Morgan fingerprint density at radius 2 is 1.55 bits per heavy atom. The average Bonchev–Trinajstić information content (AvgIpc) is 2.70. The highest BCUT2D eigenvalue weighted by Gasteiger charge is 2.39. The minimum atomic E-state index is -1.16. The third-order valence-corrected chi connectivity index (χ3v) is 4.77. The van der Waals surface area contributed by atoms with E-state index >= 15 is 0 Å². The van der Waals surface area contributed by atoms with Gasteiger partial charge in [-0.05, 0) is 43.5 Å². The van der Waals surface area contributed by atoms with Gasteiger partial charge in [0.2, 0.25) is 5.91 Å². The standard InChI is InChI=1S/C22H26N2O5/c1-22(2,14-25)24(18(20(23)28)12-13-19(26)27)21(29)17-10-8-16(9-11-17)15-6-4-3-5-7-15/h3-11,18,25H,12-14H2,1-2H3,(H2,23,28)(H,26,27)/t18-/m0/s1. The normalized spacial score (nSPS) is 12.2. The maximum absolute atomic E-state index is 13.2. The van der Waals surface area contributed by atoms with Gasteiger partial charge in [-0.1, -0.05) is 42.5 Å². The van der Waals surface area contributed by atoms with E-state index in [0.717, 1.165) is 11.1 Å². The second-order valence-corrected chi connectivity index (χ2v) is 7.44. The fourth-order valence-corrected chi connectivity index (χ4v) is 3.15. The molecule has 0 fully saturated rings. The molecule has 0 saturated heterocycles. The Morgan fingerprint density at radius 3 is 2.03 bits per heavy atom. The number of benzene rings is 2. The summed E-state index contributed by atoms with van der Waals surface area (Å²) < 4.78 is 0. The lowest BCUT2D eigenvalue weighted by atomic mass is 9.95. The molecule has 2 rings (SSSR count). The van der Waals surface area contributed by atoms with Crippen molar-refractivity contribution in [1.29, 1.82) is 0 Å². The number of amides is 2. The van der Waals surface area contributed by atoms with Gasteiger partial charge in [-0.15, -0.1) is 0 Å². The number of rotatable bonds is 9. The average molecular weight is 398 g/mol. The SMILES string of the molecule is CC(C)(CO)N(C(=O)c1ccc(-c2ccccc2)cc1)[C@@H](CCC(=O)O)C(N)=O. The summed E-state index contributed by atoms with van der Waals surface area (Å²) in [6.07, 6.45) is -0.465. The maximum atomic E-state index is 13.2. The Morgan fingerprint density at radius 1 is 1.00 bits per heavy atom. The third-order valence-electron chi connectivity index (χ3n) is 4.77. The first kappa shape index (κ1) is 22.1. The molecule has 0 aromatic heterocycles. The lowest BCUT2D eigenvalue weighted by Gasteiger charge is -2.41. The molecule has 0 spiro atoms. The van der Waals surface area contributed by atoms with Gasteiger partial charge in [0.1, 0.15) is 6.04 Å². The van der Waals surface area contributed by atoms with Crippen LogP contribution < -0.4 is 5.73 Å². The number of primary amides is 1. The van der Waals surface area contributed by atoms with Gasteiger partial charge in [-0.2, -0.15) is 0 Å². The van der Waals surface area contributed by atoms with Gasteiger partial charge >= 0.3 is 5.97 Å². The molecule has 0 radical (unpaired) electrons. The number of aliphatic hydroxyl groups excluding tert-OH is 1. The van der Waals surface area contributed by atoms with Crippen LogP contribution in [0.15, 0.2) is 54.6 Å². The van der Waals surface area contributed by atoms with Crippen molar-refractivity contribution in [3.8, 4) is 11.1 Å². The molecule has 0 unspecified atom stereocenters. The molecule has 2 amide bonds. The topological polar surface area (TPSA) is 121 Å². The lowest BCUT2D eigenvalue weighted by Crippen LogP contribution is -2.59. The summed E-state index contributed by atoms with van der Waals surface area (Å²) in [5, 5.41) is 18.8. The first-order chi connectivity index (χ1) is 13.7. The monoisotopic (exact) mass is 398 g/mol. The van der Waals surface area contributed by atoms with Crippen molar-refractivity contribution >= 4 is 17.8 Å². The number of nitrogens with zero attached hydrogens (tertiary/aromatic N) is 1. The Balaban J connectivity index is 2.38. The van der Waals surface area contributed by atoms with Crippen LogP contribution in [0.1, 0.15) is 37.0 Å². The van der Waals surface area contributed by atoms with Crippen LogP contribution in [0.3, 0.4) is 0 Å². The zero-order valence-corrected chi connectivity index (χ0v) is 16.5. The minimum absolute atomic E-state index is 0.137. The zero-order valence-electron chi connectivity index (χ0n) is 16.5. The van der Waals surface area contributed by atoms with Gasteiger partial charge in [0.15, 0.2) is 0 Å². The van der Waals surface area contributed by atoms with Gasteiger partial charge in [0.25, 0.3) is 5.91 Å². The summed E-state index contributed by atoms with van der Waals surface area (Å²) in [6.45, 7) is 2.78. The van der Waals surface area contributed by atoms with Gasteiger partial charge in [-0.25, -0.2) is 0 Å². The molecule has 0 aliphatic heterocycles. The highest BCUT2D eigenvalue weighted by atomic mass is 16.4. The van der Waals surface area contributed by atoms with Crippen LogP contribution in [0.4, 0.5) is 0 Å². The van der Waals surface area contributed by atoms with E-state index in [2.05, 4.69) is 0 Å². The van der Waals surface area contributed by atoms with Crippen molar-refractivity contribution in [2.24, 2.45) is 5.73 Å². The molecule has 0 aliphatic rings. The predicted molar refractivity (Wildman–Crippen MR) is 109 cm³/mol. The third kappa shape index (κ3) is 5.42. The van der Waals surface area contributed by atoms with E-state index in [0.29, 0.717) is 5.56 Å². The smallest absolute Gasteiger partial charge is 0.303 e. The fourth-order valence-electron chi connectivity index (χ4n) is 3.15. The first-order valence-corrected chi connectivity index (χ1v) is 9.28. The molecule has 2 aromatic carbocycles. The number of aliphatic carboxylic acids is 1. The number of nitrogens with two attached hydrogens (primary N) is 1. The van der Waals surface area contributed by atoms with E-state index < -0.39 is 36.0 Å². The summed E-state index contributed by atoms with van der Waals surface area (Å²) in [5.41, 5.74) is 6.60. The Hall–Kier alpha value is -3.19. The number of hydrogen-bond acceptors (Lipinski definition) is 4. The Kier molecular flexibility index (Phi) is 7.12. The van der Waals surface area contributed by atoms with E-state index in [9.17, 15) is 19.5 Å². The van der Waals surface area contributed by atoms with Crippen LogP contribution in [0.25, 0.3) is 11.1 Å². The summed E-state index contributed by atoms with van der Waals surface area (Å²) in [5.74, 6) is -2.42. The van der Waals surface area contributed by atoms with Crippen molar-refractivity contribution < 1.29 is 24.6 Å². The summed E-state index contributed by atoms with van der Waals surface area (Å²) in [4.78, 5) is 37.5. The molecule has 7 heteroatoms. The van der Waals surface area contributed by atoms with Crippen LogP contribution in [0, 0.1) is 0 Å². The second kappa shape index (κ2) is 9.34. The molecular formula is C22H26N2O5. The summed E-state index contributed by atoms with van der Waals surface area (Å²) >= 11 is 0. The maximum Gasteiger partial charge on any atom is 0.303 e. The van der Waals surface area contributed by atoms with E-state index in [-0.39, 0.29) is 12.8 Å². The van der Waals surface area contributed by atoms with Crippen molar-refractivity contribution in [2.45, 2.75) is 38.3 Å². The van der Waals surface area contributed by atoms with E-state index in [1.165, 1.54) is 4.90 Å². The van der Waals surface area contributed by atoms with Crippen LogP contribution in [-0.2, 0) is 9.59 Å². The fraction of sp³-hybridized carbons (Fsp3) is 0.318. The number of carbonyl (C=O) groups is 3. The highest BCUT2D eigenvalue weighted by molar-refractivity contribution is 5.98. The van der Waals surface area contributed by atoms with Crippen molar-refractivity contribution in [2.75, 3.05) is 6.61 Å². The van der Waals surface area contributed by atoms with Gasteiger partial charge in [0, 0.05) is 12.0 Å². The molecule has 1 atom stereocenters. The van der Waals surface area contributed by atoms with Gasteiger partial charge < -0.3 is 20.8 Å². The minimum Gasteiger partial charge on any atom is -0.481 e. The van der Waals surface area contributed by atoms with Crippen LogP contribution in [-0.4, -0.2) is 51.1 Å². The molecule has 0 heterocycles. The van der Waals surface area contributed by atoms with Crippen molar-refractivity contribution in [3.05, 3.63) is 60.2 Å². The van der Waals surface area contributed by atoms with Crippen molar-refractivity contribution in [3.63, 3.8) is 0 Å². The van der Waals surface area contributed by atoms with Crippen LogP contribution >= 0.6 is 0 Å². The Bertz CT molecular complexity index is 863. The molecule has 0 aliphatic carbocycles. The molecule has 7 nitrogen and oxygen atoms in total. The predicted octanol–water partition coefficient (Wildman–Crippen LogP) is 2.29. The number of hydrogen-bond donors (Lipinski definition) is 3. The van der Waals surface area contributed by atoms with E-state index in [1.807, 2.05) is 30.3 Å². The quantitative estimate of drug-likeness (QED) is 0.598. The van der Waals surface area contributed by atoms with E-state index in [1.54, 1.807) is 38.1 Å². The molecule has 2 aromatic rings. The van der Waals surface area contributed by atoms with Gasteiger partial charge in [0.05, 0.1) is 12.1 Å². The highest BCUT2D eigenvalue weighted by Crippen LogP contribution is 2.25. The van der Waals surface area contributed by atoms with Crippen LogP contribution in [0.2, 0.25) is 0 Å². The molecule has 0 saturated carbocycles. The largest absolute Gasteiger partial charge is 0.481 e. The molecule has 29 heavy (non-hydrogen) atoms. The molecule has 0 bridgehead atoms. The molecule has 154 valence electrons. The molecule has 4 N–H and O–H groups in total. The van der Waals surface area contributed by atoms with Gasteiger partial charge in [-0.3, -0.25) is 14.4 Å². The second-order valence-electron chi connectivity index (χ2n) is 7.44. The first-order valence-electron chi connectivity index (χ1n) is 9.28. The number of aliphatic hydroxyl groups is 1. The van der Waals surface area contributed by atoms with Crippen molar-refractivity contribution in [1.82, 2.24) is 4.90 Å². The number of carboxylic acid groups (broad SMARTS) is 1. The summed E-state index contributed by atoms with van der Waals surface area (Å²) in [7, 11) is 0. The summed E-state index contributed by atoms with van der Waals surface area (Å²) in [6, 6.07) is 15.4.